The highest BCUT2D eigenvalue weighted by Crippen LogP contribution is 2.25. The highest BCUT2D eigenvalue weighted by atomic mass is 35.5. The normalized spacial score (nSPS) is 15.6. The fourth-order valence-electron chi connectivity index (χ4n) is 3.51. The molecule has 1 fully saturated rings. The first kappa shape index (κ1) is 21.5. The van der Waals surface area contributed by atoms with E-state index in [1.54, 1.807) is 16.8 Å². The van der Waals surface area contributed by atoms with E-state index in [0.717, 1.165) is 5.69 Å². The maximum atomic E-state index is 12.8. The molecular formula is C22H22ClN3O4S. The van der Waals surface area contributed by atoms with E-state index >= 15 is 0 Å². The van der Waals surface area contributed by atoms with Crippen molar-refractivity contribution in [3.63, 3.8) is 0 Å². The molecule has 0 atom stereocenters. The molecule has 0 aliphatic carbocycles. The van der Waals surface area contributed by atoms with Crippen LogP contribution in [0.2, 0.25) is 5.02 Å². The molecule has 1 saturated heterocycles. The lowest BCUT2D eigenvalue weighted by Crippen LogP contribution is -2.40. The Morgan fingerprint density at radius 3 is 2.39 bits per heavy atom. The first-order valence-corrected chi connectivity index (χ1v) is 11.8. The molecule has 9 heteroatoms. The quantitative estimate of drug-likeness (QED) is 0.525. The van der Waals surface area contributed by atoms with Gasteiger partial charge in [0.25, 0.3) is 0 Å². The Hall–Kier alpha value is -2.68. The van der Waals surface area contributed by atoms with E-state index in [1.807, 2.05) is 42.6 Å². The Morgan fingerprint density at radius 1 is 1.03 bits per heavy atom. The molecule has 0 unspecified atom stereocenters. The highest BCUT2D eigenvalue weighted by Gasteiger charge is 2.32. The molecule has 1 aromatic heterocycles. The second-order valence-electron chi connectivity index (χ2n) is 7.33. The van der Waals surface area contributed by atoms with Crippen molar-refractivity contribution in [2.45, 2.75) is 24.3 Å². The van der Waals surface area contributed by atoms with E-state index in [2.05, 4.69) is 5.10 Å². The lowest BCUT2D eigenvalue weighted by Gasteiger charge is -2.30. The van der Waals surface area contributed by atoms with Gasteiger partial charge in [-0.1, -0.05) is 29.8 Å². The van der Waals surface area contributed by atoms with Crippen molar-refractivity contribution in [1.82, 2.24) is 14.1 Å². The largest absolute Gasteiger partial charge is 0.459 e. The van der Waals surface area contributed by atoms with Crippen molar-refractivity contribution in [3.8, 4) is 5.69 Å². The predicted octanol–water partition coefficient (Wildman–Crippen LogP) is 3.67. The van der Waals surface area contributed by atoms with Gasteiger partial charge in [-0.2, -0.15) is 9.40 Å². The van der Waals surface area contributed by atoms with Crippen LogP contribution in [-0.4, -0.2) is 41.6 Å². The van der Waals surface area contributed by atoms with Gasteiger partial charge < -0.3 is 4.74 Å². The highest BCUT2D eigenvalue weighted by molar-refractivity contribution is 7.89. The molecule has 0 N–H and O–H groups in total. The Kier molecular flexibility index (Phi) is 6.41. The zero-order valence-corrected chi connectivity index (χ0v) is 18.3. The van der Waals surface area contributed by atoms with Crippen molar-refractivity contribution in [2.24, 2.45) is 5.92 Å². The smallest absolute Gasteiger partial charge is 0.309 e. The Balaban J connectivity index is 1.30. The number of para-hydroxylation sites is 1. The number of hydrogen-bond donors (Lipinski definition) is 0. The van der Waals surface area contributed by atoms with Gasteiger partial charge in [0.15, 0.2) is 0 Å². The van der Waals surface area contributed by atoms with Crippen LogP contribution in [0.1, 0.15) is 18.5 Å². The van der Waals surface area contributed by atoms with Crippen LogP contribution >= 0.6 is 11.6 Å². The number of nitrogens with zero attached hydrogens (tertiary/aromatic N) is 3. The topological polar surface area (TPSA) is 81.5 Å². The number of ether oxygens (including phenoxy) is 1. The number of piperidine rings is 1. The van der Waals surface area contributed by atoms with Gasteiger partial charge >= 0.3 is 5.97 Å². The van der Waals surface area contributed by atoms with Gasteiger partial charge in [0, 0.05) is 24.3 Å². The lowest BCUT2D eigenvalue weighted by molar-refractivity contribution is -0.151. The van der Waals surface area contributed by atoms with Gasteiger partial charge in [-0.25, -0.2) is 13.1 Å². The number of carbonyl (C=O) groups excluding carboxylic acids is 1. The zero-order chi connectivity index (χ0) is 21.8. The number of hydrogen-bond acceptors (Lipinski definition) is 5. The fraction of sp³-hybridized carbons (Fsp3) is 0.273. The summed E-state index contributed by atoms with van der Waals surface area (Å²) in [4.78, 5) is 12.7. The van der Waals surface area contributed by atoms with Gasteiger partial charge in [-0.15, -0.1) is 0 Å². The molecule has 0 radical (unpaired) electrons. The number of rotatable bonds is 6. The van der Waals surface area contributed by atoms with Crippen molar-refractivity contribution in [2.75, 3.05) is 13.1 Å². The average Bonchev–Trinajstić information content (AvgIpc) is 3.27. The minimum absolute atomic E-state index is 0.0853. The third-order valence-electron chi connectivity index (χ3n) is 5.27. The zero-order valence-electron chi connectivity index (χ0n) is 16.7. The molecule has 3 aromatic rings. The van der Waals surface area contributed by atoms with Crippen LogP contribution in [0.4, 0.5) is 0 Å². The first-order valence-electron chi connectivity index (χ1n) is 9.96. The summed E-state index contributed by atoms with van der Waals surface area (Å²) in [5.41, 5.74) is 1.58. The third-order valence-corrected chi connectivity index (χ3v) is 7.43. The number of sulfonamides is 1. The van der Waals surface area contributed by atoms with Crippen molar-refractivity contribution < 1.29 is 17.9 Å². The van der Waals surface area contributed by atoms with Crippen LogP contribution in [0.15, 0.2) is 71.8 Å². The summed E-state index contributed by atoms with van der Waals surface area (Å²) in [6, 6.07) is 17.6. The van der Waals surface area contributed by atoms with Gasteiger partial charge in [-0.3, -0.25) is 4.79 Å². The number of carbonyl (C=O) groups is 1. The monoisotopic (exact) mass is 459 g/mol. The molecule has 0 bridgehead atoms. The molecule has 1 aliphatic heterocycles. The third kappa shape index (κ3) is 4.98. The van der Waals surface area contributed by atoms with Gasteiger partial charge in [0.2, 0.25) is 10.0 Å². The lowest BCUT2D eigenvalue weighted by atomic mass is 9.98. The summed E-state index contributed by atoms with van der Waals surface area (Å²) < 4.78 is 34.1. The average molecular weight is 460 g/mol. The van der Waals surface area contributed by atoms with Crippen LogP contribution in [0.3, 0.4) is 0 Å². The van der Waals surface area contributed by atoms with Crippen LogP contribution in [0.5, 0.6) is 0 Å². The van der Waals surface area contributed by atoms with Gasteiger partial charge in [-0.05, 0) is 55.3 Å². The Morgan fingerprint density at radius 2 is 1.71 bits per heavy atom. The number of aromatic nitrogens is 2. The molecule has 2 aromatic carbocycles. The molecular weight excluding hydrogens is 438 g/mol. The summed E-state index contributed by atoms with van der Waals surface area (Å²) in [6.07, 6.45) is 2.66. The van der Waals surface area contributed by atoms with Crippen LogP contribution in [0.25, 0.3) is 5.69 Å². The first-order chi connectivity index (χ1) is 14.9. The molecule has 162 valence electrons. The Bertz CT molecular complexity index is 1140. The van der Waals surface area contributed by atoms with Crippen molar-refractivity contribution >= 4 is 27.6 Å². The minimum atomic E-state index is -3.60. The van der Waals surface area contributed by atoms with Crippen molar-refractivity contribution in [3.05, 3.63) is 77.6 Å². The molecule has 2 heterocycles. The molecule has 31 heavy (non-hydrogen) atoms. The number of halogens is 1. The van der Waals surface area contributed by atoms with E-state index in [4.69, 9.17) is 16.3 Å². The van der Waals surface area contributed by atoms with Crippen LogP contribution < -0.4 is 0 Å². The second-order valence-corrected chi connectivity index (χ2v) is 9.70. The number of esters is 1. The standard InChI is InChI=1S/C22H22ClN3O4S/c23-18-6-8-21(9-7-18)31(28,29)25-13-10-17(11-14-25)22(27)30-16-19-12-15-26(24-19)20-4-2-1-3-5-20/h1-9,12,15,17H,10-11,13-14,16H2. The summed E-state index contributed by atoms with van der Waals surface area (Å²) in [5, 5.41) is 4.90. The minimum Gasteiger partial charge on any atom is -0.459 e. The van der Waals surface area contributed by atoms with Gasteiger partial charge in [0.05, 0.1) is 16.5 Å². The maximum Gasteiger partial charge on any atom is 0.309 e. The van der Waals surface area contributed by atoms with E-state index in [-0.39, 0.29) is 36.5 Å². The summed E-state index contributed by atoms with van der Waals surface area (Å²) in [6.45, 7) is 0.628. The molecule has 7 nitrogen and oxygen atoms in total. The molecule has 0 amide bonds. The van der Waals surface area contributed by atoms with Gasteiger partial charge in [0.1, 0.15) is 12.3 Å². The number of benzene rings is 2. The van der Waals surface area contributed by atoms with Crippen LogP contribution in [-0.2, 0) is 26.2 Å². The molecule has 0 saturated carbocycles. The maximum absolute atomic E-state index is 12.8. The Labute approximate surface area is 186 Å². The predicted molar refractivity (Wildman–Crippen MR) is 116 cm³/mol. The van der Waals surface area contributed by atoms with E-state index in [1.165, 1.54) is 16.4 Å². The SMILES string of the molecule is O=C(OCc1ccn(-c2ccccc2)n1)C1CCN(S(=O)(=O)c2ccc(Cl)cc2)CC1. The molecule has 0 spiro atoms. The van der Waals surface area contributed by atoms with Crippen LogP contribution in [0, 0.1) is 5.92 Å². The van der Waals surface area contributed by atoms with E-state index in [9.17, 15) is 13.2 Å². The summed E-state index contributed by atoms with van der Waals surface area (Å²) in [5.74, 6) is -0.648. The second kappa shape index (κ2) is 9.21. The molecule has 1 aliphatic rings. The van der Waals surface area contributed by atoms with Crippen molar-refractivity contribution in [1.29, 1.82) is 0 Å². The fourth-order valence-corrected chi connectivity index (χ4v) is 5.11. The van der Waals surface area contributed by atoms with E-state index < -0.39 is 10.0 Å². The summed E-state index contributed by atoms with van der Waals surface area (Å²) >= 11 is 5.84. The van der Waals surface area contributed by atoms with E-state index in [0.29, 0.717) is 23.6 Å². The summed E-state index contributed by atoms with van der Waals surface area (Å²) in [7, 11) is -3.60. The molecule has 4 rings (SSSR count).